The van der Waals surface area contributed by atoms with Crippen molar-refractivity contribution in [3.8, 4) is 0 Å². The molecule has 3 aliphatic heterocycles. The Labute approximate surface area is 272 Å². The highest BCUT2D eigenvalue weighted by Crippen LogP contribution is 2.43. The maximum atomic E-state index is 12.3. The molecule has 1 N–H and O–H groups in total. The van der Waals surface area contributed by atoms with E-state index in [9.17, 15) is 14.7 Å². The van der Waals surface area contributed by atoms with Gasteiger partial charge in [-0.15, -0.1) is 0 Å². The van der Waals surface area contributed by atoms with Gasteiger partial charge in [0, 0.05) is 38.7 Å². The van der Waals surface area contributed by atoms with E-state index in [1.54, 1.807) is 20.3 Å². The summed E-state index contributed by atoms with van der Waals surface area (Å²) in [6.45, 7) is 14.0. The lowest BCUT2D eigenvalue weighted by atomic mass is 9.85. The summed E-state index contributed by atoms with van der Waals surface area (Å²) < 4.78 is 33.8. The van der Waals surface area contributed by atoms with Crippen molar-refractivity contribution in [1.29, 1.82) is 0 Å². The first-order valence-corrected chi connectivity index (χ1v) is 16.3. The lowest BCUT2D eigenvalue weighted by Crippen LogP contribution is -2.40. The number of aliphatic hydroxyl groups is 1. The third kappa shape index (κ3) is 9.50. The highest BCUT2D eigenvalue weighted by atomic mass is 16.6. The zero-order valence-corrected chi connectivity index (χ0v) is 28.4. The number of aryl methyl sites for hydroxylation is 1. The number of carbonyl (C=O) groups excluding carboxylic acids is 2. The molecule has 3 aliphatic rings. The van der Waals surface area contributed by atoms with E-state index in [0.717, 1.165) is 29.7 Å². The zero-order valence-electron chi connectivity index (χ0n) is 28.4. The number of hydrogen-bond acceptors (Lipinski definition) is 10. The van der Waals surface area contributed by atoms with E-state index in [0.29, 0.717) is 18.8 Å². The Morgan fingerprint density at radius 2 is 2.02 bits per heavy atom. The maximum Gasteiger partial charge on any atom is 0.306 e. The van der Waals surface area contributed by atoms with Crippen LogP contribution < -0.4 is 0 Å². The van der Waals surface area contributed by atoms with Crippen molar-refractivity contribution in [3.05, 3.63) is 59.4 Å². The van der Waals surface area contributed by atoms with E-state index in [2.05, 4.69) is 11.9 Å². The second kappa shape index (κ2) is 15.7. The summed E-state index contributed by atoms with van der Waals surface area (Å²) in [5.41, 5.74) is 1.88. The molecule has 3 fully saturated rings. The Morgan fingerprint density at radius 3 is 2.65 bits per heavy atom. The minimum absolute atomic E-state index is 0.00174. The highest BCUT2D eigenvalue weighted by Gasteiger charge is 2.57. The van der Waals surface area contributed by atoms with Gasteiger partial charge in [0.15, 0.2) is 5.89 Å². The first-order chi connectivity index (χ1) is 21.8. The van der Waals surface area contributed by atoms with Crippen molar-refractivity contribution in [2.45, 2.75) is 122 Å². The molecule has 0 aliphatic carbocycles. The van der Waals surface area contributed by atoms with Crippen LogP contribution in [0.2, 0.25) is 0 Å². The molecule has 1 aromatic heterocycles. The number of rotatable bonds is 17. The Bertz CT molecular complexity index is 1310. The number of ether oxygens (including phenoxy) is 5. The van der Waals surface area contributed by atoms with Gasteiger partial charge < -0.3 is 33.2 Å². The summed E-state index contributed by atoms with van der Waals surface area (Å²) in [5, 5.41) is 11.3. The third-order valence-electron chi connectivity index (χ3n) is 9.62. The monoisotopic (exact) mass is 641 g/mol. The SMILES string of the molecule is CO[C@@H](/C(C)=C/C=C/C(C)=C/c1coc(C)n1)[C@@H](C)[C@H](C[C@H](O)[C@]1(C)O[C@@H]1/C=C/C(C)C1C[C@@H](C[C@H]2O[C@H]2C)CC(=O)O1)OC=O. The van der Waals surface area contributed by atoms with Gasteiger partial charge in [0.25, 0.3) is 6.47 Å². The van der Waals surface area contributed by atoms with Gasteiger partial charge in [-0.25, -0.2) is 4.98 Å². The number of cyclic esters (lactones) is 1. The van der Waals surface area contributed by atoms with Crippen molar-refractivity contribution in [3.63, 3.8) is 0 Å². The van der Waals surface area contributed by atoms with Crippen LogP contribution in [0.25, 0.3) is 6.08 Å². The molecule has 10 nitrogen and oxygen atoms in total. The Morgan fingerprint density at radius 1 is 1.28 bits per heavy atom. The average Bonchev–Trinajstić information content (AvgIpc) is 3.83. The highest BCUT2D eigenvalue weighted by molar-refractivity contribution is 5.70. The van der Waals surface area contributed by atoms with E-state index in [1.807, 2.05) is 71.1 Å². The van der Waals surface area contributed by atoms with Gasteiger partial charge in [-0.1, -0.05) is 44.2 Å². The van der Waals surface area contributed by atoms with Crippen LogP contribution >= 0.6 is 0 Å². The number of allylic oxidation sites excluding steroid dienone is 4. The molecular weight excluding hydrogens is 590 g/mol. The second-order valence-corrected chi connectivity index (χ2v) is 13.4. The fourth-order valence-electron chi connectivity index (χ4n) is 6.46. The van der Waals surface area contributed by atoms with Crippen molar-refractivity contribution in [1.82, 2.24) is 4.98 Å². The molecule has 4 rings (SSSR count). The first kappa shape index (κ1) is 35.8. The zero-order chi connectivity index (χ0) is 33.6. The summed E-state index contributed by atoms with van der Waals surface area (Å²) in [4.78, 5) is 28.1. The molecule has 0 spiro atoms. The molecule has 0 radical (unpaired) electrons. The number of carbonyl (C=O) groups is 2. The van der Waals surface area contributed by atoms with Crippen LogP contribution in [-0.4, -0.2) is 78.0 Å². The number of esters is 1. The summed E-state index contributed by atoms with van der Waals surface area (Å²) in [6.07, 6.45) is 13.8. The molecule has 3 saturated heterocycles. The minimum atomic E-state index is -0.892. The number of hydrogen-bond donors (Lipinski definition) is 1. The van der Waals surface area contributed by atoms with E-state index < -0.39 is 17.8 Å². The smallest absolute Gasteiger partial charge is 0.306 e. The predicted octanol–water partition coefficient (Wildman–Crippen LogP) is 5.68. The van der Waals surface area contributed by atoms with Crippen molar-refractivity contribution >= 4 is 18.5 Å². The first-order valence-electron chi connectivity index (χ1n) is 16.3. The van der Waals surface area contributed by atoms with Gasteiger partial charge in [0.1, 0.15) is 35.9 Å². The Hall–Kier alpha value is -3.05. The van der Waals surface area contributed by atoms with Gasteiger partial charge in [0.2, 0.25) is 0 Å². The predicted molar refractivity (Wildman–Crippen MR) is 172 cm³/mol. The lowest BCUT2D eigenvalue weighted by Gasteiger charge is -2.31. The third-order valence-corrected chi connectivity index (χ3v) is 9.62. The summed E-state index contributed by atoms with van der Waals surface area (Å²) >= 11 is 0. The topological polar surface area (TPSA) is 133 Å². The molecule has 46 heavy (non-hydrogen) atoms. The van der Waals surface area contributed by atoms with Crippen LogP contribution in [-0.2, 0) is 33.3 Å². The van der Waals surface area contributed by atoms with Crippen LogP contribution in [0.5, 0.6) is 0 Å². The minimum Gasteiger partial charge on any atom is -0.464 e. The number of aliphatic hydroxyl groups excluding tert-OH is 1. The molecule has 1 aromatic rings. The number of nitrogens with zero attached hydrogens (tertiary/aromatic N) is 1. The quantitative estimate of drug-likeness (QED) is 0.0745. The van der Waals surface area contributed by atoms with Crippen LogP contribution in [0.1, 0.15) is 78.8 Å². The van der Waals surface area contributed by atoms with Crippen LogP contribution in [0, 0.1) is 24.7 Å². The number of aromatic nitrogens is 1. The normalized spacial score (nSPS) is 31.8. The Balaban J connectivity index is 1.32. The summed E-state index contributed by atoms with van der Waals surface area (Å²) in [6, 6.07) is 0. The van der Waals surface area contributed by atoms with Gasteiger partial charge in [-0.3, -0.25) is 9.59 Å². The van der Waals surface area contributed by atoms with Crippen molar-refractivity contribution < 1.29 is 42.8 Å². The van der Waals surface area contributed by atoms with Crippen LogP contribution in [0.4, 0.5) is 0 Å². The molecule has 0 saturated carbocycles. The molecule has 254 valence electrons. The van der Waals surface area contributed by atoms with E-state index in [-0.39, 0.29) is 60.7 Å². The second-order valence-electron chi connectivity index (χ2n) is 13.4. The van der Waals surface area contributed by atoms with Crippen LogP contribution in [0.3, 0.4) is 0 Å². The van der Waals surface area contributed by atoms with Crippen LogP contribution in [0.15, 0.2) is 52.2 Å². The molecule has 4 heterocycles. The average molecular weight is 642 g/mol. The molecule has 0 amide bonds. The maximum absolute atomic E-state index is 12.3. The van der Waals surface area contributed by atoms with Gasteiger partial charge in [0.05, 0.1) is 24.4 Å². The molecular formula is C36H51NO9. The number of methoxy groups -OCH3 is 1. The fraction of sp³-hybridized carbons (Fsp3) is 0.639. The van der Waals surface area contributed by atoms with E-state index in [4.69, 9.17) is 28.1 Å². The molecule has 0 bridgehead atoms. The number of epoxide rings is 2. The summed E-state index contributed by atoms with van der Waals surface area (Å²) in [5.74, 6) is 0.465. The number of oxazole rings is 1. The molecule has 11 atom stereocenters. The molecule has 0 aromatic carbocycles. The molecule has 2 unspecified atom stereocenters. The Kier molecular flexibility index (Phi) is 12.2. The largest absolute Gasteiger partial charge is 0.464 e. The van der Waals surface area contributed by atoms with E-state index in [1.165, 1.54) is 0 Å². The fourth-order valence-corrected chi connectivity index (χ4v) is 6.46. The van der Waals surface area contributed by atoms with Crippen molar-refractivity contribution in [2.75, 3.05) is 7.11 Å². The van der Waals surface area contributed by atoms with Crippen molar-refractivity contribution in [2.24, 2.45) is 17.8 Å². The van der Waals surface area contributed by atoms with Gasteiger partial charge in [-0.2, -0.15) is 0 Å². The van der Waals surface area contributed by atoms with Gasteiger partial charge >= 0.3 is 5.97 Å². The standard InChI is InChI=1S/C36H51NO9/c1-21(14-28-19-42-26(6)37-28)10-9-11-23(3)35(41-8)24(4)30(43-20-38)18-32(39)36(7)33(46-36)13-12-22(2)29-15-27(17-34(40)45-29)16-31-25(5)44-31/h9-14,19-20,22,24-25,27,29-33,35,39H,15-18H2,1-8H3/b10-9+,13-12+,21-14+,23-11+/t22?,24-,25-,27-,29?,30-,31+,32-,33+,35-,36-/m0/s1. The van der Waals surface area contributed by atoms with Gasteiger partial charge in [-0.05, 0) is 63.7 Å². The lowest BCUT2D eigenvalue weighted by molar-refractivity contribution is -0.159. The van der Waals surface area contributed by atoms with E-state index >= 15 is 0 Å². The summed E-state index contributed by atoms with van der Waals surface area (Å²) in [7, 11) is 1.62. The molecule has 10 heteroatoms.